The number of benzene rings is 1. The molecule has 0 bridgehead atoms. The zero-order valence-corrected chi connectivity index (χ0v) is 15.9. The number of ether oxygens (including phenoxy) is 1. The van der Waals surface area contributed by atoms with Crippen LogP contribution in [0.5, 0.6) is 0 Å². The molecule has 0 amide bonds. The molecule has 1 unspecified atom stereocenters. The van der Waals surface area contributed by atoms with Crippen LogP contribution in [0.2, 0.25) is 0 Å². The minimum Gasteiger partial charge on any atom is -0.481 e. The van der Waals surface area contributed by atoms with Gasteiger partial charge >= 0.3 is 5.97 Å². The fourth-order valence-corrected chi connectivity index (χ4v) is 4.07. The lowest BCUT2D eigenvalue weighted by atomic mass is 9.89. The predicted octanol–water partition coefficient (Wildman–Crippen LogP) is 3.54. The number of rotatable bonds is 6. The van der Waals surface area contributed by atoms with Gasteiger partial charge in [-0.3, -0.25) is 9.59 Å². The summed E-state index contributed by atoms with van der Waals surface area (Å²) in [5.41, 5.74) is 4.60. The van der Waals surface area contributed by atoms with E-state index >= 15 is 0 Å². The third-order valence-electron chi connectivity index (χ3n) is 5.45. The van der Waals surface area contributed by atoms with E-state index in [0.717, 1.165) is 33.4 Å². The summed E-state index contributed by atoms with van der Waals surface area (Å²) in [5.74, 6) is -1.12. The van der Waals surface area contributed by atoms with E-state index in [1.54, 1.807) is 11.7 Å². The van der Waals surface area contributed by atoms with Crippen molar-refractivity contribution in [2.24, 2.45) is 0 Å². The molecular formula is C22H22N2O4. The minimum atomic E-state index is -0.875. The van der Waals surface area contributed by atoms with E-state index in [-0.39, 0.29) is 24.5 Å². The Kier molecular flexibility index (Phi) is 4.73. The second kappa shape index (κ2) is 7.20. The van der Waals surface area contributed by atoms with Crippen molar-refractivity contribution in [3.05, 3.63) is 63.4 Å². The van der Waals surface area contributed by atoms with Gasteiger partial charge in [0.1, 0.15) is 0 Å². The smallest absolute Gasteiger partial charge is 0.303 e. The molecule has 1 aliphatic rings. The monoisotopic (exact) mass is 378 g/mol. The summed E-state index contributed by atoms with van der Waals surface area (Å²) in [7, 11) is 1.54. The third-order valence-corrected chi connectivity index (χ3v) is 5.45. The van der Waals surface area contributed by atoms with Gasteiger partial charge in [-0.2, -0.15) is 0 Å². The molecule has 0 saturated carbocycles. The van der Waals surface area contributed by atoms with Crippen molar-refractivity contribution in [2.75, 3.05) is 7.11 Å². The molecule has 6 heteroatoms. The summed E-state index contributed by atoms with van der Waals surface area (Å²) < 4.78 is 7.00. The van der Waals surface area contributed by atoms with Gasteiger partial charge in [0.05, 0.1) is 36.5 Å². The number of para-hydroxylation sites is 1. The SMILES string of the molecule is CCC(CC(=O)O)c1cc2n(c(=O)c1COC)Cc1cc3ccccc3nc1-2. The molecule has 1 aliphatic heterocycles. The van der Waals surface area contributed by atoms with Crippen molar-refractivity contribution < 1.29 is 14.6 Å². The first kappa shape index (κ1) is 18.4. The van der Waals surface area contributed by atoms with Crippen LogP contribution < -0.4 is 5.56 Å². The first-order valence-corrected chi connectivity index (χ1v) is 9.39. The number of carboxylic acid groups (broad SMARTS) is 1. The number of methoxy groups -OCH3 is 1. The van der Waals surface area contributed by atoms with Crippen LogP contribution in [0.3, 0.4) is 0 Å². The number of carboxylic acids is 1. The molecule has 4 rings (SSSR count). The molecule has 6 nitrogen and oxygen atoms in total. The highest BCUT2D eigenvalue weighted by Crippen LogP contribution is 2.35. The molecule has 1 atom stereocenters. The van der Waals surface area contributed by atoms with Crippen LogP contribution in [0.4, 0.5) is 0 Å². The van der Waals surface area contributed by atoms with Gasteiger partial charge in [0.2, 0.25) is 0 Å². The van der Waals surface area contributed by atoms with Crippen molar-refractivity contribution in [3.63, 3.8) is 0 Å². The quantitative estimate of drug-likeness (QED) is 0.555. The highest BCUT2D eigenvalue weighted by molar-refractivity contribution is 5.84. The van der Waals surface area contributed by atoms with Crippen LogP contribution in [-0.4, -0.2) is 27.7 Å². The average molecular weight is 378 g/mol. The van der Waals surface area contributed by atoms with Gasteiger partial charge in [-0.05, 0) is 36.1 Å². The Morgan fingerprint density at radius 2 is 2.11 bits per heavy atom. The van der Waals surface area contributed by atoms with Crippen molar-refractivity contribution in [1.29, 1.82) is 0 Å². The van der Waals surface area contributed by atoms with Crippen LogP contribution in [0.25, 0.3) is 22.3 Å². The predicted molar refractivity (Wildman–Crippen MR) is 107 cm³/mol. The van der Waals surface area contributed by atoms with Crippen LogP contribution in [0.15, 0.2) is 41.2 Å². The lowest BCUT2D eigenvalue weighted by Gasteiger charge is -2.19. The molecule has 28 heavy (non-hydrogen) atoms. The van der Waals surface area contributed by atoms with Crippen LogP contribution in [0, 0.1) is 0 Å². The Morgan fingerprint density at radius 3 is 2.82 bits per heavy atom. The van der Waals surface area contributed by atoms with Crippen LogP contribution in [0.1, 0.15) is 42.4 Å². The molecule has 3 aromatic rings. The molecule has 0 radical (unpaired) electrons. The van der Waals surface area contributed by atoms with Gasteiger partial charge in [-0.15, -0.1) is 0 Å². The van der Waals surface area contributed by atoms with E-state index in [2.05, 4.69) is 6.07 Å². The first-order valence-electron chi connectivity index (χ1n) is 9.39. The fourth-order valence-electron chi connectivity index (χ4n) is 4.07. The van der Waals surface area contributed by atoms with Crippen LogP contribution >= 0.6 is 0 Å². The number of hydrogen-bond donors (Lipinski definition) is 1. The van der Waals surface area contributed by atoms with Crippen molar-refractivity contribution in [2.45, 2.75) is 38.8 Å². The maximum absolute atomic E-state index is 13.2. The number of aliphatic carboxylic acids is 1. The van der Waals surface area contributed by atoms with E-state index in [9.17, 15) is 14.7 Å². The molecule has 3 heterocycles. The number of aromatic nitrogens is 2. The maximum atomic E-state index is 13.2. The van der Waals surface area contributed by atoms with Gasteiger partial charge in [0.25, 0.3) is 5.56 Å². The molecule has 2 aromatic heterocycles. The van der Waals surface area contributed by atoms with Gasteiger partial charge in [-0.1, -0.05) is 25.1 Å². The number of fused-ring (bicyclic) bond motifs is 4. The number of hydrogen-bond acceptors (Lipinski definition) is 4. The summed E-state index contributed by atoms with van der Waals surface area (Å²) in [5, 5.41) is 10.3. The Labute approximate surface area is 162 Å². The van der Waals surface area contributed by atoms with Crippen molar-refractivity contribution in [3.8, 4) is 11.4 Å². The van der Waals surface area contributed by atoms with Crippen molar-refractivity contribution >= 4 is 16.9 Å². The number of nitrogens with zero attached hydrogens (tertiary/aromatic N) is 2. The summed E-state index contributed by atoms with van der Waals surface area (Å²) in [6.45, 7) is 2.57. The molecule has 144 valence electrons. The second-order valence-electron chi connectivity index (χ2n) is 7.18. The van der Waals surface area contributed by atoms with Crippen molar-refractivity contribution in [1.82, 2.24) is 9.55 Å². The first-order chi connectivity index (χ1) is 13.5. The summed E-state index contributed by atoms with van der Waals surface area (Å²) in [6.07, 6.45) is 0.609. The van der Waals surface area contributed by atoms with Gasteiger partial charge in [0, 0.05) is 23.6 Å². The topological polar surface area (TPSA) is 81.4 Å². The van der Waals surface area contributed by atoms with E-state index in [4.69, 9.17) is 9.72 Å². The van der Waals surface area contributed by atoms with E-state index in [1.165, 1.54) is 0 Å². The summed E-state index contributed by atoms with van der Waals surface area (Å²) in [4.78, 5) is 29.4. The normalized spacial score (nSPS) is 13.4. The zero-order chi connectivity index (χ0) is 19.8. The molecule has 0 fully saturated rings. The Morgan fingerprint density at radius 1 is 1.32 bits per heavy atom. The number of pyridine rings is 2. The van der Waals surface area contributed by atoms with Crippen LogP contribution in [-0.2, 0) is 22.7 Å². The summed E-state index contributed by atoms with van der Waals surface area (Å²) >= 11 is 0. The summed E-state index contributed by atoms with van der Waals surface area (Å²) in [6, 6.07) is 11.9. The average Bonchev–Trinajstić information content (AvgIpc) is 3.04. The second-order valence-corrected chi connectivity index (χ2v) is 7.18. The Hall–Kier alpha value is -2.99. The zero-order valence-electron chi connectivity index (χ0n) is 15.9. The van der Waals surface area contributed by atoms with Gasteiger partial charge < -0.3 is 14.4 Å². The standard InChI is InChI=1S/C22H22N2O4/c1-3-13(9-20(25)26)16-10-19-21-15(8-14-6-4-5-7-18(14)23-21)11-24(19)22(27)17(16)12-28-2/h4-8,10,13H,3,9,11-12H2,1-2H3,(H,25,26). The Bertz CT molecular complexity index is 1130. The molecule has 1 N–H and O–H groups in total. The van der Waals surface area contributed by atoms with E-state index in [1.807, 2.05) is 37.3 Å². The lowest BCUT2D eigenvalue weighted by molar-refractivity contribution is -0.137. The van der Waals surface area contributed by atoms with Gasteiger partial charge in [-0.25, -0.2) is 4.98 Å². The molecule has 0 aliphatic carbocycles. The highest BCUT2D eigenvalue weighted by atomic mass is 16.5. The van der Waals surface area contributed by atoms with Gasteiger partial charge in [0.15, 0.2) is 0 Å². The molecule has 0 spiro atoms. The third kappa shape index (κ3) is 2.99. The largest absolute Gasteiger partial charge is 0.481 e. The highest BCUT2D eigenvalue weighted by Gasteiger charge is 2.28. The number of carbonyl (C=O) groups is 1. The minimum absolute atomic E-state index is 0.0197. The lowest BCUT2D eigenvalue weighted by Crippen LogP contribution is -2.26. The molecule has 1 aromatic carbocycles. The molecule has 0 saturated heterocycles. The maximum Gasteiger partial charge on any atom is 0.303 e. The van der Waals surface area contributed by atoms with E-state index < -0.39 is 5.97 Å². The molecular weight excluding hydrogens is 356 g/mol. The van der Waals surface area contributed by atoms with E-state index in [0.29, 0.717) is 18.5 Å². The Balaban J connectivity index is 1.94. The fraction of sp³-hybridized carbons (Fsp3) is 0.318.